The molecule has 1 amide bonds. The number of carbonyl (C=O) groups excluding carboxylic acids is 1. The van der Waals surface area contributed by atoms with Gasteiger partial charge < -0.3 is 5.32 Å². The van der Waals surface area contributed by atoms with Crippen LogP contribution in [0.25, 0.3) is 16.6 Å². The molecule has 6 heteroatoms. The molecule has 0 aliphatic rings. The van der Waals surface area contributed by atoms with E-state index in [0.29, 0.717) is 0 Å². The molecule has 0 saturated carbocycles. The average Bonchev–Trinajstić information content (AvgIpc) is 3.17. The number of thioether (sulfide) groups is 1. The van der Waals surface area contributed by atoms with Crippen LogP contribution < -0.4 is 5.32 Å². The summed E-state index contributed by atoms with van der Waals surface area (Å²) in [6.07, 6.45) is 5.39. The fourth-order valence-electron chi connectivity index (χ4n) is 2.82. The van der Waals surface area contributed by atoms with Crippen molar-refractivity contribution >= 4 is 34.3 Å². The van der Waals surface area contributed by atoms with Gasteiger partial charge in [0.15, 0.2) is 5.16 Å². The maximum Gasteiger partial charge on any atom is 0.237 e. The van der Waals surface area contributed by atoms with Gasteiger partial charge in [-0.3, -0.25) is 14.3 Å². The van der Waals surface area contributed by atoms with Crippen molar-refractivity contribution in [1.29, 1.82) is 0 Å². The topological polar surface area (TPSA) is 59.8 Å². The second-order valence-corrected chi connectivity index (χ2v) is 7.35. The summed E-state index contributed by atoms with van der Waals surface area (Å²) in [6.45, 7) is 1.88. The van der Waals surface area contributed by atoms with Gasteiger partial charge in [0.2, 0.25) is 5.91 Å². The Morgan fingerprint density at radius 2 is 1.85 bits per heavy atom. The van der Waals surface area contributed by atoms with Crippen LogP contribution in [0.2, 0.25) is 0 Å². The smallest absolute Gasteiger partial charge is 0.237 e. The molecule has 134 valence electrons. The number of carbonyl (C=O) groups is 1. The van der Waals surface area contributed by atoms with Crippen LogP contribution in [0.5, 0.6) is 0 Å². The Kier molecular flexibility index (Phi) is 4.89. The minimum absolute atomic E-state index is 0.0704. The molecule has 1 atom stereocenters. The Bertz CT molecular complexity index is 1070. The highest BCUT2D eigenvalue weighted by Gasteiger charge is 2.18. The van der Waals surface area contributed by atoms with Crippen LogP contribution in [0.3, 0.4) is 0 Å². The molecule has 2 aromatic carbocycles. The number of aromatic nitrogens is 3. The van der Waals surface area contributed by atoms with Gasteiger partial charge in [-0.1, -0.05) is 36.0 Å². The Morgan fingerprint density at radius 1 is 1.00 bits per heavy atom. The molecule has 2 aromatic heterocycles. The van der Waals surface area contributed by atoms with Gasteiger partial charge in [-0.2, -0.15) is 0 Å². The molecule has 0 aliphatic heterocycles. The number of pyridine rings is 1. The van der Waals surface area contributed by atoms with E-state index in [1.54, 1.807) is 12.4 Å². The zero-order valence-electron chi connectivity index (χ0n) is 14.7. The maximum atomic E-state index is 12.7. The number of fused-ring (bicyclic) bond motifs is 1. The van der Waals surface area contributed by atoms with Gasteiger partial charge >= 0.3 is 0 Å². The fourth-order valence-corrected chi connectivity index (χ4v) is 3.70. The molecule has 0 fully saturated rings. The van der Waals surface area contributed by atoms with Crippen LogP contribution in [-0.2, 0) is 4.79 Å². The van der Waals surface area contributed by atoms with Crippen molar-refractivity contribution < 1.29 is 4.79 Å². The van der Waals surface area contributed by atoms with Crippen LogP contribution in [-0.4, -0.2) is 25.7 Å². The van der Waals surface area contributed by atoms with Crippen LogP contribution in [0.15, 0.2) is 84.4 Å². The number of imidazole rings is 1. The molecular weight excluding hydrogens is 356 g/mol. The van der Waals surface area contributed by atoms with Crippen molar-refractivity contribution in [2.45, 2.75) is 17.3 Å². The number of hydrogen-bond acceptors (Lipinski definition) is 4. The van der Waals surface area contributed by atoms with Gasteiger partial charge in [0.25, 0.3) is 0 Å². The minimum atomic E-state index is -0.304. The van der Waals surface area contributed by atoms with Crippen molar-refractivity contribution in [3.63, 3.8) is 0 Å². The summed E-state index contributed by atoms with van der Waals surface area (Å²) in [5.41, 5.74) is 2.64. The van der Waals surface area contributed by atoms with E-state index in [2.05, 4.69) is 15.3 Å². The molecule has 4 aromatic rings. The molecule has 0 spiro atoms. The lowest BCUT2D eigenvalue weighted by Gasteiger charge is -2.14. The third-order valence-electron chi connectivity index (χ3n) is 4.20. The van der Waals surface area contributed by atoms with E-state index in [9.17, 15) is 4.79 Å². The molecule has 2 heterocycles. The summed E-state index contributed by atoms with van der Waals surface area (Å²) >= 11 is 1.43. The van der Waals surface area contributed by atoms with E-state index in [4.69, 9.17) is 0 Å². The first-order chi connectivity index (χ1) is 13.2. The highest BCUT2D eigenvalue weighted by atomic mass is 32.2. The number of rotatable bonds is 5. The lowest BCUT2D eigenvalue weighted by Crippen LogP contribution is -2.23. The molecule has 0 radical (unpaired) electrons. The van der Waals surface area contributed by atoms with Crippen molar-refractivity contribution in [3.8, 4) is 5.69 Å². The van der Waals surface area contributed by atoms with Gasteiger partial charge in [-0.25, -0.2) is 4.98 Å². The third kappa shape index (κ3) is 3.71. The molecule has 0 saturated heterocycles. The Balaban J connectivity index is 1.52. The molecule has 27 heavy (non-hydrogen) atoms. The van der Waals surface area contributed by atoms with Crippen LogP contribution in [0.4, 0.5) is 5.69 Å². The highest BCUT2D eigenvalue weighted by molar-refractivity contribution is 8.00. The summed E-state index contributed by atoms with van der Waals surface area (Å²) in [6, 6.07) is 19.5. The summed E-state index contributed by atoms with van der Waals surface area (Å²) in [5, 5.41) is 4.42. The van der Waals surface area contributed by atoms with E-state index in [1.165, 1.54) is 11.8 Å². The maximum absolute atomic E-state index is 12.7. The van der Waals surface area contributed by atoms with E-state index in [0.717, 1.165) is 27.4 Å². The van der Waals surface area contributed by atoms with Crippen molar-refractivity contribution in [2.75, 3.05) is 5.32 Å². The van der Waals surface area contributed by atoms with Crippen molar-refractivity contribution in [1.82, 2.24) is 14.5 Å². The predicted molar refractivity (Wildman–Crippen MR) is 109 cm³/mol. The van der Waals surface area contributed by atoms with Crippen molar-refractivity contribution in [3.05, 3.63) is 79.3 Å². The zero-order chi connectivity index (χ0) is 18.6. The van der Waals surface area contributed by atoms with Crippen LogP contribution in [0.1, 0.15) is 6.92 Å². The van der Waals surface area contributed by atoms with E-state index in [1.807, 2.05) is 78.4 Å². The Morgan fingerprint density at radius 3 is 2.70 bits per heavy atom. The summed E-state index contributed by atoms with van der Waals surface area (Å²) in [4.78, 5) is 21.5. The van der Waals surface area contributed by atoms with Crippen molar-refractivity contribution in [2.24, 2.45) is 0 Å². The Labute approximate surface area is 161 Å². The second-order valence-electron chi connectivity index (χ2n) is 6.04. The number of nitrogens with one attached hydrogen (secondary N) is 1. The van der Waals surface area contributed by atoms with Crippen LogP contribution >= 0.6 is 11.8 Å². The fraction of sp³-hybridized carbons (Fsp3) is 0.0952. The summed E-state index contributed by atoms with van der Waals surface area (Å²) in [7, 11) is 0. The number of benzene rings is 2. The average molecular weight is 374 g/mol. The second kappa shape index (κ2) is 7.63. The number of amides is 1. The van der Waals surface area contributed by atoms with Gasteiger partial charge in [-0.05, 0) is 43.3 Å². The summed E-state index contributed by atoms with van der Waals surface area (Å²) in [5.74, 6) is -0.0704. The zero-order valence-corrected chi connectivity index (χ0v) is 15.6. The first-order valence-corrected chi connectivity index (χ1v) is 9.50. The van der Waals surface area contributed by atoms with Gasteiger partial charge in [0.1, 0.15) is 0 Å². The summed E-state index contributed by atoms with van der Waals surface area (Å²) < 4.78 is 1.98. The van der Waals surface area contributed by atoms with Gasteiger partial charge in [0.05, 0.1) is 16.5 Å². The number of anilines is 1. The number of para-hydroxylation sites is 1. The first-order valence-electron chi connectivity index (χ1n) is 8.62. The van der Waals surface area contributed by atoms with E-state index in [-0.39, 0.29) is 11.2 Å². The molecule has 1 N–H and O–H groups in total. The highest BCUT2D eigenvalue weighted by Crippen LogP contribution is 2.27. The first kappa shape index (κ1) is 17.3. The standard InChI is InChI=1S/C21H18N4OS/c1-15(27-21-23-13-14-25(21)16-7-3-2-4-8-16)20(26)24-19-11-5-10-18-17(19)9-6-12-22-18/h2-15H,1H3,(H,24,26)/t15-/m0/s1. The largest absolute Gasteiger partial charge is 0.324 e. The molecular formula is C21H18N4OS. The van der Waals surface area contributed by atoms with Gasteiger partial charge in [0, 0.05) is 29.7 Å². The monoisotopic (exact) mass is 374 g/mol. The van der Waals surface area contributed by atoms with E-state index < -0.39 is 0 Å². The predicted octanol–water partition coefficient (Wildman–Crippen LogP) is 4.54. The SMILES string of the molecule is C[C@H](Sc1nccn1-c1ccccc1)C(=O)Nc1cccc2ncccc12. The number of nitrogens with zero attached hydrogens (tertiary/aromatic N) is 3. The molecule has 5 nitrogen and oxygen atoms in total. The molecule has 0 aliphatic carbocycles. The third-order valence-corrected chi connectivity index (χ3v) is 5.28. The number of hydrogen-bond donors (Lipinski definition) is 1. The quantitative estimate of drug-likeness (QED) is 0.521. The normalized spacial score (nSPS) is 12.0. The van der Waals surface area contributed by atoms with Gasteiger partial charge in [-0.15, -0.1) is 0 Å². The lowest BCUT2D eigenvalue weighted by atomic mass is 10.2. The van der Waals surface area contributed by atoms with Crippen LogP contribution in [0, 0.1) is 0 Å². The lowest BCUT2D eigenvalue weighted by molar-refractivity contribution is -0.115. The molecule has 0 unspecified atom stereocenters. The molecule has 0 bridgehead atoms. The molecule has 4 rings (SSSR count). The van der Waals surface area contributed by atoms with E-state index >= 15 is 0 Å². The minimum Gasteiger partial charge on any atom is -0.324 e. The Hall–Kier alpha value is -3.12.